The predicted molar refractivity (Wildman–Crippen MR) is 24.8 cm³/mol. The van der Waals surface area contributed by atoms with E-state index in [-0.39, 0.29) is 0 Å². The maximum atomic E-state index is 11.3. The summed E-state index contributed by atoms with van der Waals surface area (Å²) in [4.78, 5) is 9.72. The van der Waals surface area contributed by atoms with E-state index < -0.39 is 18.0 Å². The number of allylic oxidation sites excluding steroid dienone is 1. The molecule has 0 aromatic heterocycles. The summed E-state index contributed by atoms with van der Waals surface area (Å²) >= 11 is 0. The van der Waals surface area contributed by atoms with Gasteiger partial charge in [-0.25, -0.2) is 8.78 Å². The fourth-order valence-electron chi connectivity index (χ4n) is 0.257. The molecular formula is C5H5F2O2-. The lowest BCUT2D eigenvalue weighted by Gasteiger charge is -1.99. The van der Waals surface area contributed by atoms with Crippen molar-refractivity contribution in [2.75, 3.05) is 0 Å². The third-order valence-corrected chi connectivity index (χ3v) is 0.698. The Morgan fingerprint density at radius 1 is 1.67 bits per heavy atom. The molecule has 4 heteroatoms. The molecule has 0 amide bonds. The second-order valence-electron chi connectivity index (χ2n) is 1.47. The van der Waals surface area contributed by atoms with Crippen LogP contribution < -0.4 is 5.11 Å². The smallest absolute Gasteiger partial charge is 0.257 e. The zero-order chi connectivity index (χ0) is 7.44. The summed E-state index contributed by atoms with van der Waals surface area (Å²) < 4.78 is 22.6. The lowest BCUT2D eigenvalue weighted by atomic mass is 10.3. The van der Waals surface area contributed by atoms with E-state index in [1.54, 1.807) is 0 Å². The first-order valence-electron chi connectivity index (χ1n) is 2.22. The first-order valence-corrected chi connectivity index (χ1v) is 2.22. The Morgan fingerprint density at radius 3 is 2.22 bits per heavy atom. The first-order chi connectivity index (χ1) is 4.04. The standard InChI is InChI=1S/C5H6F2O2/c1-3(5(8)9)2-4(6)7/h2,4H,1H3,(H,8,9)/p-1. The number of hydrogen-bond donors (Lipinski definition) is 0. The molecule has 0 fully saturated rings. The van der Waals surface area contributed by atoms with E-state index in [0.29, 0.717) is 6.08 Å². The van der Waals surface area contributed by atoms with Crippen molar-refractivity contribution >= 4 is 5.97 Å². The Morgan fingerprint density at radius 2 is 2.11 bits per heavy atom. The normalized spacial score (nSPS) is 12.2. The van der Waals surface area contributed by atoms with Crippen LogP contribution in [0.4, 0.5) is 8.78 Å². The second kappa shape index (κ2) is 3.17. The number of rotatable bonds is 2. The molecule has 0 rings (SSSR count). The minimum Gasteiger partial charge on any atom is -0.545 e. The van der Waals surface area contributed by atoms with E-state index in [9.17, 15) is 18.7 Å². The van der Waals surface area contributed by atoms with Gasteiger partial charge in [-0.05, 0) is 18.6 Å². The van der Waals surface area contributed by atoms with Crippen LogP contribution in [0.1, 0.15) is 6.92 Å². The maximum Gasteiger partial charge on any atom is 0.257 e. The van der Waals surface area contributed by atoms with Crippen LogP contribution in [0.15, 0.2) is 11.6 Å². The molecule has 0 saturated carbocycles. The number of hydrogen-bond acceptors (Lipinski definition) is 2. The van der Waals surface area contributed by atoms with Crippen molar-refractivity contribution in [1.82, 2.24) is 0 Å². The summed E-state index contributed by atoms with van der Waals surface area (Å²) in [6.07, 6.45) is -2.39. The highest BCUT2D eigenvalue weighted by atomic mass is 19.3. The number of carbonyl (C=O) groups is 1. The Hall–Kier alpha value is -0.930. The molecule has 0 N–H and O–H groups in total. The molecule has 0 aromatic carbocycles. The monoisotopic (exact) mass is 135 g/mol. The second-order valence-corrected chi connectivity index (χ2v) is 1.47. The highest BCUT2D eigenvalue weighted by molar-refractivity contribution is 5.83. The number of carboxylic acid groups (broad SMARTS) is 1. The van der Waals surface area contributed by atoms with Gasteiger partial charge in [0.05, 0.1) is 5.97 Å². The molecule has 9 heavy (non-hydrogen) atoms. The van der Waals surface area contributed by atoms with Gasteiger partial charge in [0, 0.05) is 0 Å². The van der Waals surface area contributed by atoms with Crippen LogP contribution in [0.2, 0.25) is 0 Å². The molecule has 0 saturated heterocycles. The van der Waals surface area contributed by atoms with Crippen molar-refractivity contribution in [3.05, 3.63) is 11.6 Å². The number of alkyl halides is 2. The largest absolute Gasteiger partial charge is 0.545 e. The molecule has 52 valence electrons. The van der Waals surface area contributed by atoms with Crippen LogP contribution in [0.3, 0.4) is 0 Å². The zero-order valence-electron chi connectivity index (χ0n) is 4.73. The summed E-state index contributed by atoms with van der Waals surface area (Å²) in [5.41, 5.74) is -0.440. The Kier molecular flexibility index (Phi) is 2.84. The van der Waals surface area contributed by atoms with Gasteiger partial charge in [0.25, 0.3) is 6.43 Å². The van der Waals surface area contributed by atoms with E-state index in [1.165, 1.54) is 0 Å². The summed E-state index contributed by atoms with van der Waals surface area (Å²) in [5, 5.41) is 9.72. The van der Waals surface area contributed by atoms with Crippen molar-refractivity contribution in [2.45, 2.75) is 13.3 Å². The molecule has 0 aliphatic carbocycles. The van der Waals surface area contributed by atoms with Crippen molar-refractivity contribution in [1.29, 1.82) is 0 Å². The van der Waals surface area contributed by atoms with Crippen molar-refractivity contribution in [3.8, 4) is 0 Å². The van der Waals surface area contributed by atoms with E-state index in [0.717, 1.165) is 6.92 Å². The summed E-state index contributed by atoms with van der Waals surface area (Å²) in [7, 11) is 0. The molecule has 0 radical (unpaired) electrons. The zero-order valence-corrected chi connectivity index (χ0v) is 4.73. The van der Waals surface area contributed by atoms with Crippen molar-refractivity contribution in [2.24, 2.45) is 0 Å². The number of halogens is 2. The van der Waals surface area contributed by atoms with Gasteiger partial charge >= 0.3 is 0 Å². The molecule has 0 heterocycles. The Labute approximate surface area is 50.8 Å². The molecule has 0 bridgehead atoms. The minimum atomic E-state index is -2.72. The van der Waals surface area contributed by atoms with Gasteiger partial charge < -0.3 is 9.90 Å². The predicted octanol–water partition coefficient (Wildman–Crippen LogP) is -0.0523. The van der Waals surface area contributed by atoms with Crippen LogP contribution >= 0.6 is 0 Å². The van der Waals surface area contributed by atoms with Gasteiger partial charge in [0.1, 0.15) is 0 Å². The van der Waals surface area contributed by atoms with Crippen LogP contribution in [0, 0.1) is 0 Å². The van der Waals surface area contributed by atoms with Crippen LogP contribution in [-0.4, -0.2) is 12.4 Å². The van der Waals surface area contributed by atoms with Gasteiger partial charge in [0.15, 0.2) is 0 Å². The lowest BCUT2D eigenvalue weighted by Crippen LogP contribution is -2.23. The number of aliphatic carboxylic acids is 1. The fourth-order valence-corrected chi connectivity index (χ4v) is 0.257. The highest BCUT2D eigenvalue weighted by Crippen LogP contribution is 1.98. The first kappa shape index (κ1) is 8.07. The molecule has 0 aliphatic rings. The van der Waals surface area contributed by atoms with E-state index in [1.807, 2.05) is 0 Å². The summed E-state index contributed by atoms with van der Waals surface area (Å²) in [6.45, 7) is 1.06. The molecular weight excluding hydrogens is 130 g/mol. The maximum absolute atomic E-state index is 11.3. The van der Waals surface area contributed by atoms with Crippen molar-refractivity contribution in [3.63, 3.8) is 0 Å². The lowest BCUT2D eigenvalue weighted by molar-refractivity contribution is -0.299. The average molecular weight is 135 g/mol. The van der Waals surface area contributed by atoms with Gasteiger partial charge in [-0.3, -0.25) is 0 Å². The molecule has 0 aliphatic heterocycles. The quantitative estimate of drug-likeness (QED) is 0.498. The molecule has 2 nitrogen and oxygen atoms in total. The minimum absolute atomic E-state index is 0.329. The highest BCUT2D eigenvalue weighted by Gasteiger charge is 1.97. The fraction of sp³-hybridized carbons (Fsp3) is 0.400. The van der Waals surface area contributed by atoms with Crippen molar-refractivity contribution < 1.29 is 18.7 Å². The number of carbonyl (C=O) groups excluding carboxylic acids is 1. The van der Waals surface area contributed by atoms with Gasteiger partial charge in [-0.1, -0.05) is 0 Å². The van der Waals surface area contributed by atoms with E-state index >= 15 is 0 Å². The van der Waals surface area contributed by atoms with Crippen LogP contribution in [-0.2, 0) is 4.79 Å². The van der Waals surface area contributed by atoms with E-state index in [4.69, 9.17) is 0 Å². The Balaban J connectivity index is 4.00. The summed E-state index contributed by atoms with van der Waals surface area (Å²) in [6, 6.07) is 0. The molecule has 0 spiro atoms. The Bertz CT molecular complexity index is 140. The topological polar surface area (TPSA) is 40.1 Å². The van der Waals surface area contributed by atoms with E-state index in [2.05, 4.69) is 0 Å². The van der Waals surface area contributed by atoms with Crippen LogP contribution in [0.25, 0.3) is 0 Å². The molecule has 0 unspecified atom stereocenters. The molecule has 0 atom stereocenters. The van der Waals surface area contributed by atoms with Gasteiger partial charge in [-0.15, -0.1) is 0 Å². The number of carboxylic acids is 1. The third kappa shape index (κ3) is 3.64. The third-order valence-electron chi connectivity index (χ3n) is 0.698. The average Bonchev–Trinajstić information content (AvgIpc) is 1.63. The SMILES string of the molecule is CC(=CC(F)F)C(=O)[O-]. The molecule has 0 aromatic rings. The summed E-state index contributed by atoms with van der Waals surface area (Å²) in [5.74, 6) is -1.56. The van der Waals surface area contributed by atoms with Crippen LogP contribution in [0.5, 0.6) is 0 Å². The van der Waals surface area contributed by atoms with Gasteiger partial charge in [-0.2, -0.15) is 0 Å². The van der Waals surface area contributed by atoms with Gasteiger partial charge in [0.2, 0.25) is 0 Å².